The molecule has 0 amide bonds. The van der Waals surface area contributed by atoms with Crippen LogP contribution in [0.1, 0.15) is 52.4 Å². The number of hydrogen-bond donors (Lipinski definition) is 1. The zero-order chi connectivity index (χ0) is 11.4. The maximum Gasteiger partial charge on any atom is 0.0119 e. The molecular weight excluding hydrogens is 196 g/mol. The molecule has 94 valence electrons. The Balaban J connectivity index is 1.86. The molecule has 2 heteroatoms. The summed E-state index contributed by atoms with van der Waals surface area (Å²) in [5, 5.41) is 3.67. The third-order valence-corrected chi connectivity index (χ3v) is 4.60. The molecule has 1 saturated heterocycles. The van der Waals surface area contributed by atoms with E-state index in [-0.39, 0.29) is 0 Å². The molecule has 0 radical (unpaired) electrons. The summed E-state index contributed by atoms with van der Waals surface area (Å²) in [6, 6.07) is 1.71. The van der Waals surface area contributed by atoms with Crippen LogP contribution < -0.4 is 5.32 Å². The van der Waals surface area contributed by atoms with Gasteiger partial charge in [-0.3, -0.25) is 4.90 Å². The Bertz CT molecular complexity index is 199. The number of nitrogens with zero attached hydrogens (tertiary/aromatic N) is 1. The van der Waals surface area contributed by atoms with Crippen molar-refractivity contribution in [3.8, 4) is 0 Å². The van der Waals surface area contributed by atoms with Crippen molar-refractivity contribution < 1.29 is 0 Å². The molecule has 0 aromatic rings. The molecule has 0 aromatic carbocycles. The Morgan fingerprint density at radius 2 is 1.88 bits per heavy atom. The normalized spacial score (nSPS) is 33.4. The van der Waals surface area contributed by atoms with Gasteiger partial charge < -0.3 is 5.32 Å². The SMILES string of the molecule is CCNC1CCN(C2CCCC2)CC1CC. The maximum absolute atomic E-state index is 3.67. The molecule has 1 aliphatic heterocycles. The van der Waals surface area contributed by atoms with Crippen LogP contribution in [0.25, 0.3) is 0 Å². The summed E-state index contributed by atoms with van der Waals surface area (Å²) >= 11 is 0. The number of hydrogen-bond acceptors (Lipinski definition) is 2. The van der Waals surface area contributed by atoms with Gasteiger partial charge in [0.15, 0.2) is 0 Å². The predicted octanol–water partition coefficient (Wildman–Crippen LogP) is 2.64. The van der Waals surface area contributed by atoms with Crippen LogP contribution in [0.5, 0.6) is 0 Å². The van der Waals surface area contributed by atoms with Gasteiger partial charge in [0.2, 0.25) is 0 Å². The summed E-state index contributed by atoms with van der Waals surface area (Å²) in [6.45, 7) is 8.39. The van der Waals surface area contributed by atoms with Crippen molar-refractivity contribution in [2.24, 2.45) is 5.92 Å². The first-order chi connectivity index (χ1) is 7.85. The average Bonchev–Trinajstić information content (AvgIpc) is 2.83. The molecule has 2 rings (SSSR count). The summed E-state index contributed by atoms with van der Waals surface area (Å²) in [7, 11) is 0. The minimum atomic E-state index is 0.785. The van der Waals surface area contributed by atoms with E-state index in [1.165, 1.54) is 51.6 Å². The first-order valence-corrected chi connectivity index (χ1v) is 7.32. The standard InChI is InChI=1S/C14H28N2/c1-3-12-11-16(13-7-5-6-8-13)10-9-14(12)15-4-2/h12-15H,3-11H2,1-2H3. The highest BCUT2D eigenvalue weighted by atomic mass is 15.2. The van der Waals surface area contributed by atoms with Gasteiger partial charge in [-0.2, -0.15) is 0 Å². The monoisotopic (exact) mass is 224 g/mol. The van der Waals surface area contributed by atoms with Gasteiger partial charge in [0.05, 0.1) is 0 Å². The van der Waals surface area contributed by atoms with Crippen molar-refractivity contribution in [3.63, 3.8) is 0 Å². The van der Waals surface area contributed by atoms with Crippen LogP contribution in [0.2, 0.25) is 0 Å². The largest absolute Gasteiger partial charge is 0.314 e. The van der Waals surface area contributed by atoms with Gasteiger partial charge in [-0.05, 0) is 38.3 Å². The van der Waals surface area contributed by atoms with E-state index < -0.39 is 0 Å². The van der Waals surface area contributed by atoms with Gasteiger partial charge in [0, 0.05) is 18.6 Å². The molecule has 16 heavy (non-hydrogen) atoms. The van der Waals surface area contributed by atoms with Crippen molar-refractivity contribution in [1.29, 1.82) is 0 Å². The van der Waals surface area contributed by atoms with E-state index in [2.05, 4.69) is 24.1 Å². The molecule has 2 atom stereocenters. The lowest BCUT2D eigenvalue weighted by Gasteiger charge is -2.41. The van der Waals surface area contributed by atoms with Crippen molar-refractivity contribution >= 4 is 0 Å². The minimum absolute atomic E-state index is 0.785. The fourth-order valence-corrected chi connectivity index (χ4v) is 3.61. The molecule has 2 aliphatic rings. The molecular formula is C14H28N2. The second-order valence-corrected chi connectivity index (χ2v) is 5.55. The Kier molecular flexibility index (Phi) is 4.66. The van der Waals surface area contributed by atoms with Crippen LogP contribution >= 0.6 is 0 Å². The van der Waals surface area contributed by atoms with E-state index in [1.54, 1.807) is 0 Å². The Labute approximate surface area is 101 Å². The predicted molar refractivity (Wildman–Crippen MR) is 69.7 cm³/mol. The summed E-state index contributed by atoms with van der Waals surface area (Å²) < 4.78 is 0. The van der Waals surface area contributed by atoms with E-state index in [9.17, 15) is 0 Å². The molecule has 0 aromatic heterocycles. The van der Waals surface area contributed by atoms with Crippen molar-refractivity contribution in [1.82, 2.24) is 10.2 Å². The van der Waals surface area contributed by atoms with E-state index in [1.807, 2.05) is 0 Å². The Hall–Kier alpha value is -0.0800. The first kappa shape index (κ1) is 12.4. The van der Waals surface area contributed by atoms with Crippen LogP contribution in [-0.4, -0.2) is 36.6 Å². The van der Waals surface area contributed by atoms with Crippen LogP contribution in [0.4, 0.5) is 0 Å². The topological polar surface area (TPSA) is 15.3 Å². The summed E-state index contributed by atoms with van der Waals surface area (Å²) in [6.07, 6.45) is 8.55. The zero-order valence-corrected chi connectivity index (χ0v) is 11.0. The lowest BCUT2D eigenvalue weighted by molar-refractivity contribution is 0.0968. The van der Waals surface area contributed by atoms with Gasteiger partial charge in [-0.25, -0.2) is 0 Å². The van der Waals surface area contributed by atoms with Crippen LogP contribution in [0, 0.1) is 5.92 Å². The Morgan fingerprint density at radius 3 is 2.50 bits per heavy atom. The van der Waals surface area contributed by atoms with Crippen molar-refractivity contribution in [2.45, 2.75) is 64.5 Å². The molecule has 2 fully saturated rings. The average molecular weight is 224 g/mol. The Morgan fingerprint density at radius 1 is 1.12 bits per heavy atom. The van der Waals surface area contributed by atoms with E-state index in [0.29, 0.717) is 0 Å². The summed E-state index contributed by atoms with van der Waals surface area (Å²) in [5.74, 6) is 0.884. The second kappa shape index (κ2) is 6.02. The summed E-state index contributed by atoms with van der Waals surface area (Å²) in [5.41, 5.74) is 0. The molecule has 1 N–H and O–H groups in total. The smallest absolute Gasteiger partial charge is 0.0119 e. The van der Waals surface area contributed by atoms with E-state index in [4.69, 9.17) is 0 Å². The van der Waals surface area contributed by atoms with Gasteiger partial charge in [0.25, 0.3) is 0 Å². The minimum Gasteiger partial charge on any atom is -0.314 e. The van der Waals surface area contributed by atoms with E-state index in [0.717, 1.165) is 24.5 Å². The van der Waals surface area contributed by atoms with Crippen LogP contribution in [0.15, 0.2) is 0 Å². The zero-order valence-electron chi connectivity index (χ0n) is 11.0. The number of likely N-dealkylation sites (tertiary alicyclic amines) is 1. The van der Waals surface area contributed by atoms with Crippen LogP contribution in [-0.2, 0) is 0 Å². The van der Waals surface area contributed by atoms with Crippen molar-refractivity contribution in [2.75, 3.05) is 19.6 Å². The quantitative estimate of drug-likeness (QED) is 0.790. The first-order valence-electron chi connectivity index (χ1n) is 7.32. The molecule has 0 bridgehead atoms. The molecule has 1 saturated carbocycles. The third kappa shape index (κ3) is 2.78. The van der Waals surface area contributed by atoms with Gasteiger partial charge in [0.1, 0.15) is 0 Å². The number of nitrogens with one attached hydrogen (secondary N) is 1. The second-order valence-electron chi connectivity index (χ2n) is 5.55. The van der Waals surface area contributed by atoms with Gasteiger partial charge in [-0.15, -0.1) is 0 Å². The fraction of sp³-hybridized carbons (Fsp3) is 1.00. The lowest BCUT2D eigenvalue weighted by atomic mass is 9.89. The highest BCUT2D eigenvalue weighted by Crippen LogP contribution is 2.29. The van der Waals surface area contributed by atoms with E-state index >= 15 is 0 Å². The highest BCUT2D eigenvalue weighted by Gasteiger charge is 2.31. The van der Waals surface area contributed by atoms with Gasteiger partial charge in [-0.1, -0.05) is 33.1 Å². The molecule has 0 spiro atoms. The third-order valence-electron chi connectivity index (χ3n) is 4.60. The number of rotatable bonds is 4. The van der Waals surface area contributed by atoms with Crippen molar-refractivity contribution in [3.05, 3.63) is 0 Å². The maximum atomic E-state index is 3.67. The molecule has 2 unspecified atom stereocenters. The fourth-order valence-electron chi connectivity index (χ4n) is 3.61. The molecule has 2 nitrogen and oxygen atoms in total. The highest BCUT2D eigenvalue weighted by molar-refractivity contribution is 4.88. The number of piperidine rings is 1. The van der Waals surface area contributed by atoms with Gasteiger partial charge >= 0.3 is 0 Å². The molecule has 1 heterocycles. The summed E-state index contributed by atoms with van der Waals surface area (Å²) in [4.78, 5) is 2.79. The molecule has 1 aliphatic carbocycles. The van der Waals surface area contributed by atoms with Crippen LogP contribution in [0.3, 0.4) is 0 Å². The lowest BCUT2D eigenvalue weighted by Crippen LogP contribution is -2.51.